The predicted molar refractivity (Wildman–Crippen MR) is 43.9 cm³/mol. The summed E-state index contributed by atoms with van der Waals surface area (Å²) in [7, 11) is 0. The Balaban J connectivity index is 3.38. The van der Waals surface area contributed by atoms with Crippen molar-refractivity contribution < 1.29 is 0 Å². The fraction of sp³-hybridized carbons (Fsp3) is 0.750. The molecule has 0 fully saturated rings. The summed E-state index contributed by atoms with van der Waals surface area (Å²) >= 11 is 0. The Morgan fingerprint density at radius 1 is 1.60 bits per heavy atom. The maximum atomic E-state index is 9.71. The number of hydrogen-bond acceptors (Lipinski definition) is 2. The van der Waals surface area contributed by atoms with E-state index < -0.39 is 0 Å². The van der Waals surface area contributed by atoms with Crippen LogP contribution in [0.3, 0.4) is 0 Å². The van der Waals surface area contributed by atoms with Gasteiger partial charge in [-0.15, -0.1) is 0 Å². The predicted octanol–water partition coefficient (Wildman–Crippen LogP) is 2.89. The lowest BCUT2D eigenvalue weighted by Gasteiger charge is -1.94. The average Bonchev–Trinajstić information content (AvgIpc) is 1.97. The van der Waals surface area contributed by atoms with Crippen LogP contribution in [0.5, 0.6) is 0 Å². The molecule has 0 saturated heterocycles. The van der Waals surface area contributed by atoms with Crippen molar-refractivity contribution in [2.24, 2.45) is 5.18 Å². The fourth-order valence-corrected chi connectivity index (χ4v) is 0.715. The van der Waals surface area contributed by atoms with Gasteiger partial charge in [0.05, 0.1) is 6.54 Å². The summed E-state index contributed by atoms with van der Waals surface area (Å²) in [6.45, 7) is 4.61. The molecule has 0 aliphatic rings. The Labute approximate surface area is 62.3 Å². The molecule has 0 N–H and O–H groups in total. The zero-order valence-corrected chi connectivity index (χ0v) is 6.76. The standard InChI is InChI=1S/C8H15NO/c1-3-4-5-8(2)6-7-9-10/h5H,3-4,6-7H2,1-2H3/b8-5+. The number of rotatable bonds is 5. The van der Waals surface area contributed by atoms with Crippen molar-refractivity contribution in [3.63, 3.8) is 0 Å². The number of hydrogen-bond donors (Lipinski definition) is 0. The van der Waals surface area contributed by atoms with Gasteiger partial charge in [0.15, 0.2) is 0 Å². The van der Waals surface area contributed by atoms with E-state index in [1.165, 1.54) is 12.0 Å². The van der Waals surface area contributed by atoms with E-state index in [0.717, 1.165) is 12.8 Å². The molecule has 0 spiro atoms. The zero-order valence-electron chi connectivity index (χ0n) is 6.76. The molecule has 0 saturated carbocycles. The molecule has 10 heavy (non-hydrogen) atoms. The second-order valence-electron chi connectivity index (χ2n) is 2.44. The van der Waals surface area contributed by atoms with Crippen LogP contribution in [0.25, 0.3) is 0 Å². The third kappa shape index (κ3) is 5.48. The van der Waals surface area contributed by atoms with Gasteiger partial charge in [0, 0.05) is 0 Å². The highest BCUT2D eigenvalue weighted by Crippen LogP contribution is 2.02. The number of nitrogens with zero attached hydrogens (tertiary/aromatic N) is 1. The fourth-order valence-electron chi connectivity index (χ4n) is 0.715. The van der Waals surface area contributed by atoms with Crippen molar-refractivity contribution in [2.45, 2.75) is 33.1 Å². The van der Waals surface area contributed by atoms with Crippen LogP contribution in [0.15, 0.2) is 16.8 Å². The van der Waals surface area contributed by atoms with E-state index in [1.54, 1.807) is 0 Å². The second kappa shape index (κ2) is 6.46. The number of allylic oxidation sites excluding steroid dienone is 1. The molecule has 0 aromatic carbocycles. The SMILES string of the molecule is CCC/C=C(\C)CCN=O. The molecule has 0 rings (SSSR count). The molecule has 58 valence electrons. The quantitative estimate of drug-likeness (QED) is 0.427. The van der Waals surface area contributed by atoms with Crippen LogP contribution in [0.2, 0.25) is 0 Å². The maximum absolute atomic E-state index is 9.71. The van der Waals surface area contributed by atoms with Crippen molar-refractivity contribution in [2.75, 3.05) is 6.54 Å². The zero-order chi connectivity index (χ0) is 7.82. The molecule has 2 heteroatoms. The molecule has 0 unspecified atom stereocenters. The van der Waals surface area contributed by atoms with Crippen molar-refractivity contribution in [3.8, 4) is 0 Å². The maximum Gasteiger partial charge on any atom is 0.0848 e. The molecule has 2 nitrogen and oxygen atoms in total. The normalized spacial score (nSPS) is 11.6. The summed E-state index contributed by atoms with van der Waals surface area (Å²) in [5.74, 6) is 0. The van der Waals surface area contributed by atoms with Crippen molar-refractivity contribution in [1.29, 1.82) is 0 Å². The largest absolute Gasteiger partial charge is 0.151 e. The lowest BCUT2D eigenvalue weighted by Crippen LogP contribution is -1.81. The van der Waals surface area contributed by atoms with Gasteiger partial charge in [-0.1, -0.05) is 30.2 Å². The molecule has 0 amide bonds. The van der Waals surface area contributed by atoms with Gasteiger partial charge in [0.25, 0.3) is 0 Å². The highest BCUT2D eigenvalue weighted by molar-refractivity contribution is 4.97. The van der Waals surface area contributed by atoms with Gasteiger partial charge in [-0.05, 0) is 19.8 Å². The molecule has 0 radical (unpaired) electrons. The van der Waals surface area contributed by atoms with E-state index in [-0.39, 0.29) is 0 Å². The average molecular weight is 141 g/mol. The van der Waals surface area contributed by atoms with Gasteiger partial charge in [-0.2, -0.15) is 4.91 Å². The summed E-state index contributed by atoms with van der Waals surface area (Å²) in [4.78, 5) is 9.71. The molecule has 0 aliphatic heterocycles. The van der Waals surface area contributed by atoms with E-state index in [2.05, 4.69) is 18.2 Å². The molecular weight excluding hydrogens is 126 g/mol. The highest BCUT2D eigenvalue weighted by Gasteiger charge is 1.87. The summed E-state index contributed by atoms with van der Waals surface area (Å²) in [5.41, 5.74) is 1.28. The monoisotopic (exact) mass is 141 g/mol. The third-order valence-corrected chi connectivity index (χ3v) is 1.38. The summed E-state index contributed by atoms with van der Waals surface area (Å²) < 4.78 is 0. The smallest absolute Gasteiger partial charge is 0.0848 e. The first-order valence-electron chi connectivity index (χ1n) is 3.76. The Hall–Kier alpha value is -0.660. The Bertz CT molecular complexity index is 118. The van der Waals surface area contributed by atoms with Crippen molar-refractivity contribution in [3.05, 3.63) is 16.6 Å². The molecular formula is C8H15NO. The molecule has 0 aromatic heterocycles. The van der Waals surface area contributed by atoms with E-state index in [1.807, 2.05) is 6.92 Å². The second-order valence-corrected chi connectivity index (χ2v) is 2.44. The van der Waals surface area contributed by atoms with Crippen LogP contribution >= 0.6 is 0 Å². The Kier molecular flexibility index (Phi) is 6.03. The van der Waals surface area contributed by atoms with Crippen LogP contribution in [0.1, 0.15) is 33.1 Å². The van der Waals surface area contributed by atoms with Crippen molar-refractivity contribution >= 4 is 0 Å². The molecule has 0 atom stereocenters. The van der Waals surface area contributed by atoms with Gasteiger partial charge in [0.2, 0.25) is 0 Å². The molecule has 0 aliphatic carbocycles. The summed E-state index contributed by atoms with van der Waals surface area (Å²) in [5, 5.41) is 2.79. The first kappa shape index (κ1) is 9.34. The summed E-state index contributed by atoms with van der Waals surface area (Å²) in [6, 6.07) is 0. The van der Waals surface area contributed by atoms with Gasteiger partial charge < -0.3 is 0 Å². The molecule has 0 heterocycles. The highest BCUT2D eigenvalue weighted by atomic mass is 16.3. The van der Waals surface area contributed by atoms with Gasteiger partial charge in [-0.25, -0.2) is 0 Å². The topological polar surface area (TPSA) is 29.4 Å². The first-order valence-corrected chi connectivity index (χ1v) is 3.76. The van der Waals surface area contributed by atoms with Crippen LogP contribution in [0, 0.1) is 4.91 Å². The van der Waals surface area contributed by atoms with E-state index in [0.29, 0.717) is 6.54 Å². The van der Waals surface area contributed by atoms with Crippen LogP contribution < -0.4 is 0 Å². The number of unbranched alkanes of at least 4 members (excludes halogenated alkanes) is 1. The Morgan fingerprint density at radius 3 is 2.80 bits per heavy atom. The van der Waals surface area contributed by atoms with E-state index >= 15 is 0 Å². The lowest BCUT2D eigenvalue weighted by atomic mass is 10.1. The van der Waals surface area contributed by atoms with E-state index in [4.69, 9.17) is 0 Å². The Morgan fingerprint density at radius 2 is 2.30 bits per heavy atom. The minimum Gasteiger partial charge on any atom is -0.151 e. The molecule has 0 aromatic rings. The first-order chi connectivity index (χ1) is 4.81. The third-order valence-electron chi connectivity index (χ3n) is 1.38. The van der Waals surface area contributed by atoms with Crippen LogP contribution in [0.4, 0.5) is 0 Å². The van der Waals surface area contributed by atoms with Gasteiger partial charge in [0.1, 0.15) is 0 Å². The lowest BCUT2D eigenvalue weighted by molar-refractivity contribution is 0.900. The van der Waals surface area contributed by atoms with Crippen LogP contribution in [-0.2, 0) is 0 Å². The van der Waals surface area contributed by atoms with Crippen molar-refractivity contribution in [1.82, 2.24) is 0 Å². The van der Waals surface area contributed by atoms with E-state index in [9.17, 15) is 4.91 Å². The van der Waals surface area contributed by atoms with Gasteiger partial charge >= 0.3 is 0 Å². The van der Waals surface area contributed by atoms with Crippen LogP contribution in [-0.4, -0.2) is 6.54 Å². The minimum atomic E-state index is 0.423. The number of nitroso groups, excluding NO2 is 1. The minimum absolute atomic E-state index is 0.423. The summed E-state index contributed by atoms with van der Waals surface area (Å²) in [6.07, 6.45) is 5.28. The molecule has 0 bridgehead atoms. The van der Waals surface area contributed by atoms with Gasteiger partial charge in [-0.3, -0.25) is 0 Å².